The van der Waals surface area contributed by atoms with Crippen LogP contribution in [0.15, 0.2) is 72.8 Å². The number of hydrogen-bond donors (Lipinski definition) is 0. The van der Waals surface area contributed by atoms with Crippen LogP contribution in [-0.4, -0.2) is 18.4 Å². The molecule has 4 rings (SSSR count). The summed E-state index contributed by atoms with van der Waals surface area (Å²) in [4.78, 5) is 29.6. The van der Waals surface area contributed by atoms with E-state index in [1.165, 1.54) is 17.0 Å². The highest BCUT2D eigenvalue weighted by Gasteiger charge is 2.42. The Kier molecular flexibility index (Phi) is 4.89. The van der Waals surface area contributed by atoms with Crippen LogP contribution < -0.4 is 9.80 Å². The van der Waals surface area contributed by atoms with Crippen LogP contribution in [0.1, 0.15) is 22.7 Å². The van der Waals surface area contributed by atoms with Gasteiger partial charge in [-0.3, -0.25) is 19.4 Å². The monoisotopic (exact) mass is 388 g/mol. The Balaban J connectivity index is 1.85. The van der Waals surface area contributed by atoms with Crippen molar-refractivity contribution < 1.29 is 14.0 Å². The molecule has 1 fully saturated rings. The fourth-order valence-electron chi connectivity index (χ4n) is 3.84. The molecule has 5 heteroatoms. The van der Waals surface area contributed by atoms with Crippen LogP contribution in [0.2, 0.25) is 0 Å². The maximum atomic E-state index is 14.4. The van der Waals surface area contributed by atoms with Gasteiger partial charge in [-0.1, -0.05) is 60.2 Å². The summed E-state index contributed by atoms with van der Waals surface area (Å²) in [5.74, 6) is -1.12. The number of para-hydroxylation sites is 1. The van der Waals surface area contributed by atoms with Crippen LogP contribution in [0.4, 0.5) is 15.8 Å². The van der Waals surface area contributed by atoms with Crippen molar-refractivity contribution in [2.24, 2.45) is 0 Å². The average Bonchev–Trinajstić information content (AvgIpc) is 2.71. The molecule has 146 valence electrons. The molecular weight excluding hydrogens is 367 g/mol. The van der Waals surface area contributed by atoms with E-state index in [1.54, 1.807) is 17.0 Å². The maximum absolute atomic E-state index is 14.4. The highest BCUT2D eigenvalue weighted by molar-refractivity contribution is 6.14. The Morgan fingerprint density at radius 2 is 1.55 bits per heavy atom. The topological polar surface area (TPSA) is 40.6 Å². The van der Waals surface area contributed by atoms with Crippen molar-refractivity contribution in [3.8, 4) is 0 Å². The quantitative estimate of drug-likeness (QED) is 0.660. The smallest absolute Gasteiger partial charge is 0.255 e. The Morgan fingerprint density at radius 1 is 0.862 bits per heavy atom. The molecule has 3 aromatic carbocycles. The molecule has 0 aliphatic carbocycles. The van der Waals surface area contributed by atoms with E-state index in [-0.39, 0.29) is 24.0 Å². The summed E-state index contributed by atoms with van der Waals surface area (Å²) in [6.45, 7) is 3.69. The zero-order valence-electron chi connectivity index (χ0n) is 16.3. The molecule has 0 spiro atoms. The molecule has 0 radical (unpaired) electrons. The van der Waals surface area contributed by atoms with Crippen molar-refractivity contribution in [2.45, 2.75) is 19.9 Å². The number of carbonyl (C=O) groups excluding carboxylic acids is 2. The molecule has 4 nitrogen and oxygen atoms in total. The first kappa shape index (κ1) is 18.9. The Bertz CT molecular complexity index is 1080. The molecule has 3 aromatic rings. The number of hydrogen-bond acceptors (Lipinski definition) is 2. The number of rotatable bonds is 3. The molecule has 0 unspecified atom stereocenters. The molecule has 0 saturated carbocycles. The number of nitrogens with zero attached hydrogens (tertiary/aromatic N) is 2. The van der Waals surface area contributed by atoms with E-state index in [4.69, 9.17) is 0 Å². The molecule has 0 bridgehead atoms. The number of piperazine rings is 1. The van der Waals surface area contributed by atoms with Crippen molar-refractivity contribution in [1.29, 1.82) is 0 Å². The third-order valence-corrected chi connectivity index (χ3v) is 5.19. The number of aryl methyl sites for hydroxylation is 2. The Labute approximate surface area is 169 Å². The molecular formula is C24H21FN2O2. The molecule has 1 heterocycles. The molecule has 1 aliphatic heterocycles. The SMILES string of the molecule is Cc1ccc(N2C(=O)CN(c3ccccc3F)C(=O)[C@@H]2c2ccccc2)c(C)c1. The maximum Gasteiger partial charge on any atom is 0.255 e. The Morgan fingerprint density at radius 3 is 2.24 bits per heavy atom. The predicted octanol–water partition coefficient (Wildman–Crippen LogP) is 4.56. The first-order chi connectivity index (χ1) is 14.0. The second-order valence-corrected chi connectivity index (χ2v) is 7.24. The number of anilines is 2. The van der Waals surface area contributed by atoms with Crippen molar-refractivity contribution in [2.75, 3.05) is 16.3 Å². The van der Waals surface area contributed by atoms with E-state index < -0.39 is 11.9 Å². The molecule has 2 amide bonds. The highest BCUT2D eigenvalue weighted by atomic mass is 19.1. The van der Waals surface area contributed by atoms with Gasteiger partial charge >= 0.3 is 0 Å². The zero-order valence-corrected chi connectivity index (χ0v) is 16.3. The van der Waals surface area contributed by atoms with Gasteiger partial charge in [-0.2, -0.15) is 0 Å². The minimum Gasteiger partial charge on any atom is -0.298 e. The predicted molar refractivity (Wildman–Crippen MR) is 111 cm³/mol. The summed E-state index contributed by atoms with van der Waals surface area (Å²) in [5, 5.41) is 0. The van der Waals surface area contributed by atoms with E-state index in [2.05, 4.69) is 0 Å². The highest BCUT2D eigenvalue weighted by Crippen LogP contribution is 2.36. The average molecular weight is 388 g/mol. The van der Waals surface area contributed by atoms with Gasteiger partial charge in [0.15, 0.2) is 0 Å². The minimum absolute atomic E-state index is 0.118. The van der Waals surface area contributed by atoms with Crippen LogP contribution in [-0.2, 0) is 9.59 Å². The molecule has 0 N–H and O–H groups in total. The van der Waals surface area contributed by atoms with Gasteiger partial charge < -0.3 is 0 Å². The van der Waals surface area contributed by atoms with Gasteiger partial charge in [-0.15, -0.1) is 0 Å². The van der Waals surface area contributed by atoms with Gasteiger partial charge in [0.2, 0.25) is 5.91 Å². The molecule has 1 saturated heterocycles. The van der Waals surface area contributed by atoms with Gasteiger partial charge in [0.25, 0.3) is 5.91 Å². The normalized spacial score (nSPS) is 17.0. The van der Waals surface area contributed by atoms with E-state index in [0.717, 1.165) is 11.1 Å². The van der Waals surface area contributed by atoms with E-state index in [1.807, 2.05) is 62.4 Å². The standard InChI is InChI=1S/C24H21FN2O2/c1-16-12-13-20(17(2)14-16)27-22(28)15-26(21-11-7-6-10-19(21)25)24(29)23(27)18-8-4-3-5-9-18/h3-14,23H,15H2,1-2H3/t23-/m0/s1. The van der Waals surface area contributed by atoms with Crippen molar-refractivity contribution in [3.05, 3.63) is 95.3 Å². The minimum atomic E-state index is -0.863. The van der Waals surface area contributed by atoms with Crippen LogP contribution in [0, 0.1) is 19.7 Å². The number of benzene rings is 3. The lowest BCUT2D eigenvalue weighted by atomic mass is 9.98. The van der Waals surface area contributed by atoms with Gasteiger partial charge in [0, 0.05) is 5.69 Å². The van der Waals surface area contributed by atoms with Crippen molar-refractivity contribution in [1.82, 2.24) is 0 Å². The van der Waals surface area contributed by atoms with Crippen LogP contribution in [0.5, 0.6) is 0 Å². The number of halogens is 1. The third-order valence-electron chi connectivity index (χ3n) is 5.19. The van der Waals surface area contributed by atoms with Crippen LogP contribution in [0.25, 0.3) is 0 Å². The Hall–Kier alpha value is -3.47. The van der Waals surface area contributed by atoms with E-state index in [9.17, 15) is 14.0 Å². The van der Waals surface area contributed by atoms with Gasteiger partial charge in [-0.05, 0) is 43.2 Å². The summed E-state index contributed by atoms with van der Waals surface area (Å²) in [5.41, 5.74) is 3.48. The lowest BCUT2D eigenvalue weighted by Crippen LogP contribution is -2.56. The summed E-state index contributed by atoms with van der Waals surface area (Å²) < 4.78 is 14.4. The molecule has 0 aromatic heterocycles. The van der Waals surface area contributed by atoms with Crippen LogP contribution in [0.3, 0.4) is 0 Å². The number of amides is 2. The summed E-state index contributed by atoms with van der Waals surface area (Å²) in [6, 6.07) is 20.1. The first-order valence-corrected chi connectivity index (χ1v) is 9.47. The fourth-order valence-corrected chi connectivity index (χ4v) is 3.84. The van der Waals surface area contributed by atoms with Crippen LogP contribution >= 0.6 is 0 Å². The zero-order chi connectivity index (χ0) is 20.5. The summed E-state index contributed by atoms with van der Waals surface area (Å²) in [6.07, 6.45) is 0. The van der Waals surface area contributed by atoms with Gasteiger partial charge in [0.1, 0.15) is 18.4 Å². The van der Waals surface area contributed by atoms with E-state index >= 15 is 0 Å². The molecule has 1 atom stereocenters. The number of carbonyl (C=O) groups is 2. The molecule has 1 aliphatic rings. The summed E-state index contributed by atoms with van der Waals surface area (Å²) >= 11 is 0. The lowest BCUT2D eigenvalue weighted by Gasteiger charge is -2.41. The van der Waals surface area contributed by atoms with Crippen molar-refractivity contribution in [3.63, 3.8) is 0 Å². The lowest BCUT2D eigenvalue weighted by molar-refractivity contribution is -0.128. The largest absolute Gasteiger partial charge is 0.298 e. The van der Waals surface area contributed by atoms with Crippen molar-refractivity contribution >= 4 is 23.2 Å². The van der Waals surface area contributed by atoms with Gasteiger partial charge in [0.05, 0.1) is 5.69 Å². The second-order valence-electron chi connectivity index (χ2n) is 7.24. The third kappa shape index (κ3) is 3.40. The van der Waals surface area contributed by atoms with Gasteiger partial charge in [-0.25, -0.2) is 4.39 Å². The first-order valence-electron chi connectivity index (χ1n) is 9.47. The molecule has 29 heavy (non-hydrogen) atoms. The van der Waals surface area contributed by atoms with E-state index in [0.29, 0.717) is 11.3 Å². The second kappa shape index (κ2) is 7.51. The summed E-state index contributed by atoms with van der Waals surface area (Å²) in [7, 11) is 0. The fraction of sp³-hybridized carbons (Fsp3) is 0.167.